The van der Waals surface area contributed by atoms with E-state index < -0.39 is 0 Å². The lowest BCUT2D eigenvalue weighted by atomic mass is 10.2. The Morgan fingerprint density at radius 1 is 0.950 bits per heavy atom. The zero-order valence-corrected chi connectivity index (χ0v) is 11.1. The molecule has 0 saturated heterocycles. The minimum absolute atomic E-state index is 0.0623. The minimum atomic E-state index is 0.0623. The fraction of sp³-hybridized carbons (Fsp3) is 0.118. The average Bonchev–Trinajstić information content (AvgIpc) is 2.81. The first-order valence-electron chi connectivity index (χ1n) is 6.67. The van der Waals surface area contributed by atoms with E-state index >= 15 is 0 Å². The molecule has 3 nitrogen and oxygen atoms in total. The van der Waals surface area contributed by atoms with Gasteiger partial charge in [0.25, 0.3) is 0 Å². The summed E-state index contributed by atoms with van der Waals surface area (Å²) >= 11 is 0. The number of carbonyl (C=O) groups excluding carboxylic acids is 1. The van der Waals surface area contributed by atoms with Crippen LogP contribution in [0.25, 0.3) is 0 Å². The molecule has 0 aliphatic carbocycles. The van der Waals surface area contributed by atoms with Gasteiger partial charge in [-0.2, -0.15) is 0 Å². The van der Waals surface area contributed by atoms with Crippen LogP contribution < -0.4 is 5.32 Å². The van der Waals surface area contributed by atoms with Crippen molar-refractivity contribution < 1.29 is 4.79 Å². The van der Waals surface area contributed by atoms with Crippen LogP contribution in [0.5, 0.6) is 0 Å². The first kappa shape index (κ1) is 12.5. The van der Waals surface area contributed by atoms with Crippen molar-refractivity contribution in [3.05, 3.63) is 78.0 Å². The molecule has 1 amide bonds. The van der Waals surface area contributed by atoms with E-state index in [1.165, 1.54) is 0 Å². The fourth-order valence-electron chi connectivity index (χ4n) is 2.29. The summed E-state index contributed by atoms with van der Waals surface area (Å²) < 4.78 is 0. The third-order valence-corrected chi connectivity index (χ3v) is 3.27. The van der Waals surface area contributed by atoms with Crippen molar-refractivity contribution in [2.45, 2.75) is 6.54 Å². The number of benzene rings is 2. The summed E-state index contributed by atoms with van der Waals surface area (Å²) in [5.74, 6) is 0.0623. The smallest absolute Gasteiger partial charge is 0.249 e. The van der Waals surface area contributed by atoms with Crippen molar-refractivity contribution in [1.82, 2.24) is 4.90 Å². The molecular weight excluding hydrogens is 248 g/mol. The van der Waals surface area contributed by atoms with Gasteiger partial charge >= 0.3 is 0 Å². The highest BCUT2D eigenvalue weighted by Gasteiger charge is 2.21. The summed E-state index contributed by atoms with van der Waals surface area (Å²) in [5, 5.41) is 3.29. The summed E-state index contributed by atoms with van der Waals surface area (Å²) in [5.41, 5.74) is 3.10. The van der Waals surface area contributed by atoms with Gasteiger partial charge in [0.05, 0.1) is 6.54 Å². The number of hydrogen-bond donors (Lipinski definition) is 1. The molecule has 1 heterocycles. The molecule has 0 unspecified atom stereocenters. The highest BCUT2D eigenvalue weighted by atomic mass is 16.2. The number of rotatable bonds is 4. The van der Waals surface area contributed by atoms with Gasteiger partial charge < -0.3 is 10.2 Å². The van der Waals surface area contributed by atoms with Gasteiger partial charge in [-0.3, -0.25) is 4.79 Å². The first-order chi connectivity index (χ1) is 9.81. The van der Waals surface area contributed by atoms with E-state index in [0.717, 1.165) is 16.9 Å². The lowest BCUT2D eigenvalue weighted by Crippen LogP contribution is -2.26. The molecule has 3 rings (SSSR count). The predicted molar refractivity (Wildman–Crippen MR) is 80.0 cm³/mol. The zero-order valence-electron chi connectivity index (χ0n) is 11.1. The molecule has 0 spiro atoms. The van der Waals surface area contributed by atoms with E-state index in [2.05, 4.69) is 5.32 Å². The maximum absolute atomic E-state index is 12.0. The van der Waals surface area contributed by atoms with E-state index in [4.69, 9.17) is 0 Å². The van der Waals surface area contributed by atoms with E-state index in [1.54, 1.807) is 6.08 Å². The molecule has 0 fully saturated rings. The third-order valence-electron chi connectivity index (χ3n) is 3.27. The molecule has 0 saturated carbocycles. The number of nitrogens with zero attached hydrogens (tertiary/aromatic N) is 1. The maximum atomic E-state index is 12.0. The van der Waals surface area contributed by atoms with E-state index in [-0.39, 0.29) is 5.91 Å². The number of para-hydroxylation sites is 1. The van der Waals surface area contributed by atoms with Gasteiger partial charge in [-0.15, -0.1) is 0 Å². The topological polar surface area (TPSA) is 32.3 Å². The Labute approximate surface area is 118 Å². The average molecular weight is 264 g/mol. The number of amides is 1. The lowest BCUT2D eigenvalue weighted by Gasteiger charge is -2.17. The monoisotopic (exact) mass is 264 g/mol. The highest BCUT2D eigenvalue weighted by Crippen LogP contribution is 2.17. The van der Waals surface area contributed by atoms with Gasteiger partial charge in [0, 0.05) is 24.0 Å². The summed E-state index contributed by atoms with van der Waals surface area (Å²) in [6, 6.07) is 19.9. The summed E-state index contributed by atoms with van der Waals surface area (Å²) in [4.78, 5) is 13.8. The van der Waals surface area contributed by atoms with E-state index in [9.17, 15) is 4.79 Å². The quantitative estimate of drug-likeness (QED) is 0.920. The normalized spacial score (nSPS) is 14.3. The third kappa shape index (κ3) is 2.88. The largest absolute Gasteiger partial charge is 0.357 e. The number of hydrogen-bond acceptors (Lipinski definition) is 2. The second-order valence-corrected chi connectivity index (χ2v) is 4.84. The molecule has 1 N–H and O–H groups in total. The van der Waals surface area contributed by atoms with Gasteiger partial charge in [0.2, 0.25) is 5.91 Å². The van der Waals surface area contributed by atoms with Crippen LogP contribution >= 0.6 is 0 Å². The van der Waals surface area contributed by atoms with E-state index in [0.29, 0.717) is 13.1 Å². The SMILES string of the molecule is O=C1C=C(Nc2ccccc2)CN1Cc1ccccc1. The van der Waals surface area contributed by atoms with Crippen molar-refractivity contribution in [1.29, 1.82) is 0 Å². The molecule has 1 aliphatic heterocycles. The number of nitrogens with one attached hydrogen (secondary N) is 1. The van der Waals surface area contributed by atoms with Crippen molar-refractivity contribution in [2.24, 2.45) is 0 Å². The van der Waals surface area contributed by atoms with Crippen LogP contribution in [0.2, 0.25) is 0 Å². The van der Waals surface area contributed by atoms with Crippen molar-refractivity contribution in [2.75, 3.05) is 11.9 Å². The summed E-state index contributed by atoms with van der Waals surface area (Å²) in [7, 11) is 0. The number of carbonyl (C=O) groups is 1. The van der Waals surface area contributed by atoms with Crippen LogP contribution in [0, 0.1) is 0 Å². The molecule has 2 aromatic carbocycles. The Morgan fingerprint density at radius 2 is 1.60 bits per heavy atom. The van der Waals surface area contributed by atoms with Crippen LogP contribution in [0.15, 0.2) is 72.4 Å². The maximum Gasteiger partial charge on any atom is 0.249 e. The molecule has 3 heteroatoms. The van der Waals surface area contributed by atoms with Crippen LogP contribution in [0.4, 0.5) is 5.69 Å². The Kier molecular flexibility index (Phi) is 3.50. The molecule has 100 valence electrons. The van der Waals surface area contributed by atoms with Crippen LogP contribution in [0.1, 0.15) is 5.56 Å². The van der Waals surface area contributed by atoms with Gasteiger partial charge in [-0.05, 0) is 17.7 Å². The van der Waals surface area contributed by atoms with Gasteiger partial charge in [0.1, 0.15) is 0 Å². The van der Waals surface area contributed by atoms with Crippen molar-refractivity contribution in [3.8, 4) is 0 Å². The highest BCUT2D eigenvalue weighted by molar-refractivity contribution is 5.91. The molecule has 20 heavy (non-hydrogen) atoms. The van der Waals surface area contributed by atoms with Crippen molar-refractivity contribution in [3.63, 3.8) is 0 Å². The standard InChI is InChI=1S/C17H16N2O/c20-17-11-16(18-15-9-5-2-6-10-15)13-19(17)12-14-7-3-1-4-8-14/h1-11,18H,12-13H2. The molecule has 0 bridgehead atoms. The van der Waals surface area contributed by atoms with Gasteiger partial charge in [-0.25, -0.2) is 0 Å². The van der Waals surface area contributed by atoms with E-state index in [1.807, 2.05) is 65.6 Å². The lowest BCUT2D eigenvalue weighted by molar-refractivity contribution is -0.125. The molecule has 2 aromatic rings. The van der Waals surface area contributed by atoms with Crippen LogP contribution in [-0.4, -0.2) is 17.4 Å². The molecule has 0 aromatic heterocycles. The Morgan fingerprint density at radius 3 is 2.30 bits per heavy atom. The second-order valence-electron chi connectivity index (χ2n) is 4.84. The summed E-state index contributed by atoms with van der Waals surface area (Å²) in [6.45, 7) is 1.28. The Bertz CT molecular complexity index is 620. The molecule has 0 atom stereocenters. The first-order valence-corrected chi connectivity index (χ1v) is 6.67. The predicted octanol–water partition coefficient (Wildman–Crippen LogP) is 3.02. The Hall–Kier alpha value is -2.55. The van der Waals surface area contributed by atoms with Crippen LogP contribution in [0.3, 0.4) is 0 Å². The molecular formula is C17H16N2O. The second kappa shape index (κ2) is 5.61. The van der Waals surface area contributed by atoms with Crippen LogP contribution in [-0.2, 0) is 11.3 Å². The van der Waals surface area contributed by atoms with Crippen molar-refractivity contribution >= 4 is 11.6 Å². The Balaban J connectivity index is 1.64. The number of anilines is 1. The van der Waals surface area contributed by atoms with Gasteiger partial charge in [-0.1, -0.05) is 48.5 Å². The molecule has 0 radical (unpaired) electrons. The fourth-order valence-corrected chi connectivity index (χ4v) is 2.29. The van der Waals surface area contributed by atoms with Gasteiger partial charge in [0.15, 0.2) is 0 Å². The minimum Gasteiger partial charge on any atom is -0.357 e. The zero-order chi connectivity index (χ0) is 13.8. The molecule has 1 aliphatic rings. The summed E-state index contributed by atoms with van der Waals surface area (Å²) in [6.07, 6.45) is 1.68.